The van der Waals surface area contributed by atoms with Crippen molar-refractivity contribution in [3.05, 3.63) is 53.3 Å². The Morgan fingerprint density at radius 1 is 1.35 bits per heavy atom. The van der Waals surface area contributed by atoms with Gasteiger partial charge in [0, 0.05) is 30.9 Å². The van der Waals surface area contributed by atoms with Crippen LogP contribution < -0.4 is 5.32 Å². The number of H-pyrrole nitrogens is 1. The van der Waals surface area contributed by atoms with E-state index < -0.39 is 0 Å². The summed E-state index contributed by atoms with van der Waals surface area (Å²) in [7, 11) is 0. The number of aryl methyl sites for hydroxylation is 1. The summed E-state index contributed by atoms with van der Waals surface area (Å²) < 4.78 is 5.34. The van der Waals surface area contributed by atoms with E-state index in [0.717, 1.165) is 16.8 Å². The lowest BCUT2D eigenvalue weighted by Crippen LogP contribution is -2.46. The second-order valence-electron chi connectivity index (χ2n) is 5.68. The predicted molar refractivity (Wildman–Crippen MR) is 86.7 cm³/mol. The van der Waals surface area contributed by atoms with Crippen LogP contribution in [0.3, 0.4) is 0 Å². The normalized spacial score (nSPS) is 16.3. The van der Waals surface area contributed by atoms with Crippen LogP contribution in [0, 0.1) is 6.92 Å². The van der Waals surface area contributed by atoms with Crippen molar-refractivity contribution in [1.29, 1.82) is 0 Å². The maximum atomic E-state index is 12.9. The van der Waals surface area contributed by atoms with Crippen LogP contribution in [0.1, 0.15) is 22.9 Å². The van der Waals surface area contributed by atoms with E-state index in [-0.39, 0.29) is 11.9 Å². The SMILES string of the molecule is Cc1[nH]ncc1CN[C@@H](C(=O)N1CCOCC1)c1ccccc1. The third kappa shape index (κ3) is 3.78. The van der Waals surface area contributed by atoms with Crippen molar-refractivity contribution in [2.75, 3.05) is 26.3 Å². The van der Waals surface area contributed by atoms with Crippen LogP contribution >= 0.6 is 0 Å². The Kier molecular flexibility index (Phi) is 5.05. The van der Waals surface area contributed by atoms with Gasteiger partial charge in [-0.1, -0.05) is 30.3 Å². The Hall–Kier alpha value is -2.18. The summed E-state index contributed by atoms with van der Waals surface area (Å²) in [6.07, 6.45) is 1.80. The maximum absolute atomic E-state index is 12.9. The van der Waals surface area contributed by atoms with Crippen LogP contribution in [0.25, 0.3) is 0 Å². The number of hydrogen-bond acceptors (Lipinski definition) is 4. The highest BCUT2D eigenvalue weighted by Gasteiger charge is 2.26. The summed E-state index contributed by atoms with van der Waals surface area (Å²) in [4.78, 5) is 14.8. The molecule has 0 aliphatic carbocycles. The van der Waals surface area contributed by atoms with Crippen LogP contribution in [0.15, 0.2) is 36.5 Å². The van der Waals surface area contributed by atoms with E-state index in [1.807, 2.05) is 42.2 Å². The third-order valence-corrected chi connectivity index (χ3v) is 4.13. The molecule has 23 heavy (non-hydrogen) atoms. The molecule has 1 aromatic carbocycles. The first kappa shape index (κ1) is 15.7. The fraction of sp³-hybridized carbons (Fsp3) is 0.412. The summed E-state index contributed by atoms with van der Waals surface area (Å²) in [5.74, 6) is 0.0978. The van der Waals surface area contributed by atoms with Gasteiger partial charge in [-0.15, -0.1) is 0 Å². The van der Waals surface area contributed by atoms with Gasteiger partial charge in [0.05, 0.1) is 19.4 Å². The van der Waals surface area contributed by atoms with Gasteiger partial charge < -0.3 is 9.64 Å². The lowest BCUT2D eigenvalue weighted by Gasteiger charge is -2.31. The summed E-state index contributed by atoms with van der Waals surface area (Å²) in [6.45, 7) is 5.08. The molecule has 122 valence electrons. The van der Waals surface area contributed by atoms with Crippen molar-refractivity contribution in [1.82, 2.24) is 20.4 Å². The van der Waals surface area contributed by atoms with Crippen molar-refractivity contribution in [3.8, 4) is 0 Å². The van der Waals surface area contributed by atoms with Crippen molar-refractivity contribution in [3.63, 3.8) is 0 Å². The van der Waals surface area contributed by atoms with Crippen LogP contribution in [0.2, 0.25) is 0 Å². The van der Waals surface area contributed by atoms with Crippen molar-refractivity contribution in [2.45, 2.75) is 19.5 Å². The smallest absolute Gasteiger partial charge is 0.244 e. The average molecular weight is 314 g/mol. The first-order valence-electron chi connectivity index (χ1n) is 7.89. The second kappa shape index (κ2) is 7.39. The summed E-state index contributed by atoms with van der Waals surface area (Å²) in [5, 5.41) is 10.3. The van der Waals surface area contributed by atoms with E-state index in [1.54, 1.807) is 6.20 Å². The Bertz CT molecular complexity index is 635. The third-order valence-electron chi connectivity index (χ3n) is 4.13. The molecule has 0 unspecified atom stereocenters. The maximum Gasteiger partial charge on any atom is 0.244 e. The molecule has 2 N–H and O–H groups in total. The van der Waals surface area contributed by atoms with Crippen LogP contribution in [-0.4, -0.2) is 47.3 Å². The number of benzene rings is 1. The lowest BCUT2D eigenvalue weighted by atomic mass is 10.0. The van der Waals surface area contributed by atoms with E-state index in [9.17, 15) is 4.79 Å². The predicted octanol–water partition coefficient (Wildman–Crippen LogP) is 1.41. The number of amides is 1. The number of aromatic amines is 1. The van der Waals surface area contributed by atoms with Gasteiger partial charge in [-0.25, -0.2) is 0 Å². The van der Waals surface area contributed by atoms with E-state index in [4.69, 9.17) is 4.74 Å². The number of aromatic nitrogens is 2. The summed E-state index contributed by atoms with van der Waals surface area (Å²) in [5.41, 5.74) is 3.06. The van der Waals surface area contributed by atoms with Gasteiger partial charge in [-0.2, -0.15) is 5.10 Å². The van der Waals surface area contributed by atoms with Crippen molar-refractivity contribution in [2.24, 2.45) is 0 Å². The first-order chi connectivity index (χ1) is 11.3. The minimum atomic E-state index is -0.358. The molecule has 6 nitrogen and oxygen atoms in total. The molecular weight excluding hydrogens is 292 g/mol. The van der Waals surface area contributed by atoms with Gasteiger partial charge in [-0.3, -0.25) is 15.2 Å². The molecule has 1 aromatic heterocycles. The zero-order valence-electron chi connectivity index (χ0n) is 13.3. The molecule has 3 rings (SSSR count). The zero-order valence-corrected chi connectivity index (χ0v) is 13.3. The highest BCUT2D eigenvalue weighted by molar-refractivity contribution is 5.83. The molecular formula is C17H22N4O2. The van der Waals surface area contributed by atoms with Gasteiger partial charge >= 0.3 is 0 Å². The molecule has 1 amide bonds. The molecule has 6 heteroatoms. The van der Waals surface area contributed by atoms with E-state index in [0.29, 0.717) is 32.8 Å². The molecule has 0 spiro atoms. The number of hydrogen-bond donors (Lipinski definition) is 2. The van der Waals surface area contributed by atoms with Gasteiger partial charge in [0.2, 0.25) is 5.91 Å². The molecule has 0 radical (unpaired) electrons. The van der Waals surface area contributed by atoms with Crippen LogP contribution in [0.4, 0.5) is 0 Å². The minimum Gasteiger partial charge on any atom is -0.378 e. The standard InChI is InChI=1S/C17H22N4O2/c1-13-15(12-19-20-13)11-18-16(14-5-3-2-4-6-14)17(22)21-7-9-23-10-8-21/h2-6,12,16,18H,7-11H2,1H3,(H,19,20)/t16-/m1/s1. The fourth-order valence-electron chi connectivity index (χ4n) is 2.73. The van der Waals surface area contributed by atoms with Gasteiger partial charge in [0.25, 0.3) is 0 Å². The monoisotopic (exact) mass is 314 g/mol. The molecule has 1 aliphatic rings. The Labute approximate surface area is 135 Å². The molecule has 1 aliphatic heterocycles. The van der Waals surface area contributed by atoms with E-state index >= 15 is 0 Å². The topological polar surface area (TPSA) is 70.2 Å². The second-order valence-corrected chi connectivity index (χ2v) is 5.68. The molecule has 2 aromatic rings. The minimum absolute atomic E-state index is 0.0978. The lowest BCUT2D eigenvalue weighted by molar-refractivity contribution is -0.137. The number of rotatable bonds is 5. The Morgan fingerprint density at radius 3 is 2.74 bits per heavy atom. The van der Waals surface area contributed by atoms with Crippen LogP contribution in [0.5, 0.6) is 0 Å². The highest BCUT2D eigenvalue weighted by Crippen LogP contribution is 2.18. The number of morpholine rings is 1. The quantitative estimate of drug-likeness (QED) is 0.875. The Balaban J connectivity index is 1.76. The number of nitrogens with one attached hydrogen (secondary N) is 2. The summed E-state index contributed by atoms with van der Waals surface area (Å²) >= 11 is 0. The van der Waals surface area contributed by atoms with Gasteiger partial charge in [0.1, 0.15) is 6.04 Å². The summed E-state index contributed by atoms with van der Waals surface area (Å²) in [6, 6.07) is 9.49. The van der Waals surface area contributed by atoms with Crippen molar-refractivity contribution >= 4 is 5.91 Å². The van der Waals surface area contributed by atoms with Gasteiger partial charge in [-0.05, 0) is 12.5 Å². The molecule has 1 saturated heterocycles. The largest absolute Gasteiger partial charge is 0.378 e. The van der Waals surface area contributed by atoms with E-state index in [1.165, 1.54) is 0 Å². The van der Waals surface area contributed by atoms with E-state index in [2.05, 4.69) is 15.5 Å². The average Bonchev–Trinajstić information content (AvgIpc) is 3.02. The highest BCUT2D eigenvalue weighted by atomic mass is 16.5. The molecule has 1 fully saturated rings. The Morgan fingerprint density at radius 2 is 2.09 bits per heavy atom. The number of ether oxygens (including phenoxy) is 1. The zero-order chi connectivity index (χ0) is 16.1. The van der Waals surface area contributed by atoms with Crippen LogP contribution in [-0.2, 0) is 16.1 Å². The van der Waals surface area contributed by atoms with Crippen molar-refractivity contribution < 1.29 is 9.53 Å². The number of nitrogens with zero attached hydrogens (tertiary/aromatic N) is 2. The number of carbonyl (C=O) groups is 1. The van der Waals surface area contributed by atoms with Gasteiger partial charge in [0.15, 0.2) is 0 Å². The first-order valence-corrected chi connectivity index (χ1v) is 7.89. The number of carbonyl (C=O) groups excluding carboxylic acids is 1. The molecule has 0 bridgehead atoms. The molecule has 1 atom stereocenters. The fourth-order valence-corrected chi connectivity index (χ4v) is 2.73. The molecule has 2 heterocycles. The molecule has 0 saturated carbocycles.